The summed E-state index contributed by atoms with van der Waals surface area (Å²) in [5, 5.41) is 0. The van der Waals surface area contributed by atoms with Gasteiger partial charge < -0.3 is 20.7 Å². The molecule has 0 atom stereocenters. The molecular weight excluding hydrogens is 168 g/mol. The van der Waals surface area contributed by atoms with Gasteiger partial charge in [-0.3, -0.25) is 0 Å². The summed E-state index contributed by atoms with van der Waals surface area (Å²) in [5.41, 5.74) is 0. The van der Waals surface area contributed by atoms with Gasteiger partial charge in [0.15, 0.2) is 0 Å². The SMILES string of the molecule is O=P([O-])([O-])[O-].[Ge+4].[H-]. The Morgan fingerprint density at radius 1 is 1.33 bits per heavy atom. The first kappa shape index (κ1) is 9.82. The van der Waals surface area contributed by atoms with Gasteiger partial charge in [-0.05, 0) is 0 Å². The van der Waals surface area contributed by atoms with E-state index in [1.807, 2.05) is 0 Å². The van der Waals surface area contributed by atoms with Crippen molar-refractivity contribution in [2.45, 2.75) is 0 Å². The topological polar surface area (TPSA) is 86.2 Å². The molecule has 0 unspecified atom stereocenters. The van der Waals surface area contributed by atoms with Gasteiger partial charge in [0.2, 0.25) is 0 Å². The van der Waals surface area contributed by atoms with E-state index in [4.69, 9.17) is 19.2 Å². The fourth-order valence-corrected chi connectivity index (χ4v) is 0. The molecule has 6 heavy (non-hydrogen) atoms. The minimum absolute atomic E-state index is 0. The van der Waals surface area contributed by atoms with Crippen molar-refractivity contribution in [1.82, 2.24) is 0 Å². The van der Waals surface area contributed by atoms with Gasteiger partial charge >= 0.3 is 17.6 Å². The van der Waals surface area contributed by atoms with E-state index in [1.165, 1.54) is 0 Å². The molecule has 0 aromatic heterocycles. The van der Waals surface area contributed by atoms with Crippen LogP contribution in [0, 0.1) is 0 Å². The van der Waals surface area contributed by atoms with Crippen LogP contribution in [0.4, 0.5) is 0 Å². The van der Waals surface area contributed by atoms with Crippen molar-refractivity contribution >= 4 is 25.4 Å². The fraction of sp³-hybridized carbons (Fsp3) is 0. The van der Waals surface area contributed by atoms with E-state index in [1.54, 1.807) is 0 Å². The number of hydrogen-bond acceptors (Lipinski definition) is 4. The number of rotatable bonds is 0. The van der Waals surface area contributed by atoms with E-state index in [2.05, 4.69) is 0 Å². The molecule has 0 bridgehead atoms. The second-order valence-corrected chi connectivity index (χ2v) is 1.34. The molecule has 0 saturated heterocycles. The number of phosphoric acid groups is 1. The summed E-state index contributed by atoms with van der Waals surface area (Å²) in [7, 11) is -5.39. The van der Waals surface area contributed by atoms with Crippen LogP contribution in [-0.4, -0.2) is 17.6 Å². The van der Waals surface area contributed by atoms with Gasteiger partial charge in [0.1, 0.15) is 0 Å². The van der Waals surface area contributed by atoms with E-state index >= 15 is 0 Å². The molecule has 0 aliphatic carbocycles. The van der Waals surface area contributed by atoms with E-state index in [-0.39, 0.29) is 19.0 Å². The van der Waals surface area contributed by atoms with Gasteiger partial charge in [-0.2, -0.15) is 7.82 Å². The summed E-state index contributed by atoms with van der Waals surface area (Å²) in [6, 6.07) is 0. The van der Waals surface area contributed by atoms with Crippen LogP contribution < -0.4 is 14.7 Å². The van der Waals surface area contributed by atoms with Gasteiger partial charge in [-0.25, -0.2) is 0 Å². The van der Waals surface area contributed by atoms with E-state index in [0.717, 1.165) is 0 Å². The Morgan fingerprint density at radius 2 is 1.33 bits per heavy atom. The first-order valence-corrected chi connectivity index (χ1v) is 2.19. The molecule has 0 N–H and O–H groups in total. The van der Waals surface area contributed by atoms with Crippen molar-refractivity contribution in [3.05, 3.63) is 0 Å². The molecule has 6 heteroatoms. The Kier molecular flexibility index (Phi) is 4.53. The average molecular weight is 169 g/mol. The van der Waals surface area contributed by atoms with Crippen LogP contribution in [0.5, 0.6) is 0 Å². The first-order chi connectivity index (χ1) is 2.00. The molecule has 0 aliphatic heterocycles. The summed E-state index contributed by atoms with van der Waals surface area (Å²) in [5.74, 6) is 0. The first-order valence-electron chi connectivity index (χ1n) is 0.730. The Hall–Kier alpha value is 0.653. The molecule has 0 rings (SSSR count). The quantitative estimate of drug-likeness (QED) is 0.283. The van der Waals surface area contributed by atoms with Gasteiger partial charge in [0.05, 0.1) is 0 Å². The van der Waals surface area contributed by atoms with Crippen molar-refractivity contribution in [2.24, 2.45) is 0 Å². The zero-order valence-corrected chi connectivity index (χ0v) is 5.57. The standard InChI is InChI=1S/Ge.H3O4P.H/c;1-5(2,3)4;/h;(H3,1,2,3,4);/q+4;;-1/p-3. The maximum atomic E-state index is 8.55. The number of hydrogen-bond donors (Lipinski definition) is 0. The van der Waals surface area contributed by atoms with Gasteiger partial charge in [-0.15, -0.1) is 0 Å². The molecule has 34 valence electrons. The normalized spacial score (nSPS) is 9.83. The molecule has 0 spiro atoms. The summed E-state index contributed by atoms with van der Waals surface area (Å²) >= 11 is 0. The van der Waals surface area contributed by atoms with Crippen LogP contribution in [0.3, 0.4) is 0 Å². The van der Waals surface area contributed by atoms with Crippen molar-refractivity contribution < 1.29 is 20.7 Å². The molecule has 0 aromatic carbocycles. The molecule has 0 heterocycles. The summed E-state index contributed by atoms with van der Waals surface area (Å²) in [4.78, 5) is 25.6. The zero-order chi connectivity index (χ0) is 4.50. The Morgan fingerprint density at radius 3 is 1.33 bits per heavy atom. The van der Waals surface area contributed by atoms with Gasteiger partial charge in [0, 0.05) is 0 Å². The predicted octanol–water partition coefficient (Wildman–Crippen LogP) is -3.09. The minimum atomic E-state index is -5.39. The minimum Gasteiger partial charge on any atom is -1.00 e. The molecule has 0 saturated carbocycles. The van der Waals surface area contributed by atoms with Crippen molar-refractivity contribution in [2.75, 3.05) is 0 Å². The second kappa shape index (κ2) is 2.76. The van der Waals surface area contributed by atoms with Crippen LogP contribution in [0.25, 0.3) is 0 Å². The Labute approximate surface area is 46.9 Å². The van der Waals surface area contributed by atoms with E-state index in [9.17, 15) is 0 Å². The predicted molar refractivity (Wildman–Crippen MR) is 14.5 cm³/mol. The summed E-state index contributed by atoms with van der Waals surface area (Å²) in [6.45, 7) is 0. The molecule has 4 nitrogen and oxygen atoms in total. The molecule has 0 aliphatic rings. The van der Waals surface area contributed by atoms with Gasteiger partial charge in [-0.1, -0.05) is 0 Å². The zero-order valence-electron chi connectivity index (χ0n) is 3.58. The van der Waals surface area contributed by atoms with Crippen molar-refractivity contribution in [3.63, 3.8) is 0 Å². The maximum Gasteiger partial charge on any atom is 4.00 e. The molecule has 0 amide bonds. The maximum absolute atomic E-state index is 8.55. The third kappa shape index (κ3) is 146. The smallest absolute Gasteiger partial charge is 1.00 e. The average Bonchev–Trinajstić information content (AvgIpc) is 0.722. The van der Waals surface area contributed by atoms with Crippen LogP contribution in [0.2, 0.25) is 0 Å². The van der Waals surface area contributed by atoms with Crippen molar-refractivity contribution in [3.8, 4) is 0 Å². The molecule has 0 aromatic rings. The van der Waals surface area contributed by atoms with Crippen LogP contribution >= 0.6 is 7.82 Å². The monoisotopic (exact) mass is 170 g/mol. The van der Waals surface area contributed by atoms with E-state index < -0.39 is 7.82 Å². The molecular formula is HGeO4P. The fourth-order valence-electron chi connectivity index (χ4n) is 0. The molecule has 0 fully saturated rings. The van der Waals surface area contributed by atoms with Crippen LogP contribution in [0.15, 0.2) is 0 Å². The molecule has 0 radical (unpaired) electrons. The van der Waals surface area contributed by atoms with Crippen LogP contribution in [0.1, 0.15) is 1.43 Å². The summed E-state index contributed by atoms with van der Waals surface area (Å²) < 4.78 is 8.55. The second-order valence-electron chi connectivity index (χ2n) is 0.447. The Bertz CT molecular complexity index is 57.8. The van der Waals surface area contributed by atoms with Crippen molar-refractivity contribution in [1.29, 1.82) is 0 Å². The van der Waals surface area contributed by atoms with Crippen LogP contribution in [-0.2, 0) is 4.57 Å². The van der Waals surface area contributed by atoms with E-state index in [0.29, 0.717) is 0 Å². The largest absolute Gasteiger partial charge is 4.00 e. The Balaban J connectivity index is -0.0000000800. The third-order valence-corrected chi connectivity index (χ3v) is 0. The third-order valence-electron chi connectivity index (χ3n) is 0. The summed E-state index contributed by atoms with van der Waals surface area (Å²) in [6.07, 6.45) is 0. The van der Waals surface area contributed by atoms with Gasteiger partial charge in [0.25, 0.3) is 0 Å².